The van der Waals surface area contributed by atoms with E-state index in [4.69, 9.17) is 4.74 Å². The van der Waals surface area contributed by atoms with E-state index in [-0.39, 0.29) is 31.4 Å². The number of fused-ring (bicyclic) bond motifs is 3. The lowest BCUT2D eigenvalue weighted by Crippen LogP contribution is -2.35. The molecule has 1 fully saturated rings. The molecule has 0 bridgehead atoms. The topological polar surface area (TPSA) is 105 Å². The van der Waals surface area contributed by atoms with Gasteiger partial charge in [-0.05, 0) is 52.8 Å². The Bertz CT molecular complexity index is 1240. The van der Waals surface area contributed by atoms with E-state index in [1.165, 1.54) is 11.1 Å². The minimum absolute atomic E-state index is 0.00931. The van der Waals surface area contributed by atoms with Crippen molar-refractivity contribution in [2.75, 3.05) is 18.5 Å². The largest absolute Gasteiger partial charge is 0.481 e. The summed E-state index contributed by atoms with van der Waals surface area (Å²) in [5, 5.41) is 14.6. The van der Waals surface area contributed by atoms with E-state index in [1.807, 2.05) is 24.3 Å². The molecule has 3 aromatic carbocycles. The summed E-state index contributed by atoms with van der Waals surface area (Å²) in [6, 6.07) is 23.3. The molecule has 3 N–H and O–H groups in total. The molecule has 0 saturated heterocycles. The third-order valence-electron chi connectivity index (χ3n) is 6.84. The number of rotatable bonds is 8. The number of aliphatic carboxylic acids is 1. The van der Waals surface area contributed by atoms with E-state index in [2.05, 4.69) is 34.9 Å². The van der Waals surface area contributed by atoms with Gasteiger partial charge in [-0.15, -0.1) is 0 Å². The van der Waals surface area contributed by atoms with Gasteiger partial charge in [0.1, 0.15) is 6.61 Å². The van der Waals surface area contributed by atoms with Gasteiger partial charge in [0.2, 0.25) is 5.91 Å². The highest BCUT2D eigenvalue weighted by Gasteiger charge is 2.50. The van der Waals surface area contributed by atoms with Crippen molar-refractivity contribution >= 4 is 23.7 Å². The van der Waals surface area contributed by atoms with Gasteiger partial charge in [-0.1, -0.05) is 60.7 Å². The number of hydrogen-bond donors (Lipinski definition) is 3. The molecule has 0 spiro atoms. The smallest absolute Gasteiger partial charge is 0.411 e. The molecule has 2 aliphatic rings. The number of benzene rings is 3. The molecule has 0 radical (unpaired) electrons. The van der Waals surface area contributed by atoms with Crippen molar-refractivity contribution in [1.82, 2.24) is 5.32 Å². The van der Waals surface area contributed by atoms with E-state index >= 15 is 0 Å². The van der Waals surface area contributed by atoms with Gasteiger partial charge in [-0.3, -0.25) is 14.9 Å². The fraction of sp³-hybridized carbons (Fsp3) is 0.250. The molecular formula is C28H26N2O5. The van der Waals surface area contributed by atoms with Crippen LogP contribution in [0.4, 0.5) is 10.5 Å². The van der Waals surface area contributed by atoms with Crippen LogP contribution in [0.25, 0.3) is 11.1 Å². The van der Waals surface area contributed by atoms with Crippen LogP contribution in [0.2, 0.25) is 0 Å². The van der Waals surface area contributed by atoms with Crippen LogP contribution in [0.5, 0.6) is 0 Å². The van der Waals surface area contributed by atoms with E-state index < -0.39 is 17.5 Å². The molecule has 2 amide bonds. The van der Waals surface area contributed by atoms with E-state index in [0.717, 1.165) is 16.7 Å². The highest BCUT2D eigenvalue weighted by molar-refractivity contribution is 5.85. The minimum Gasteiger partial charge on any atom is -0.481 e. The zero-order valence-corrected chi connectivity index (χ0v) is 19.1. The number of nitrogens with one attached hydrogen (secondary N) is 2. The maximum atomic E-state index is 12.5. The zero-order valence-electron chi connectivity index (χ0n) is 19.1. The standard InChI is InChI=1S/C28H26N2O5/c31-25(29-17-28(13-14-28)26(32)33)15-18-9-11-19(12-10-18)30-27(34)35-16-24-22-7-3-1-5-20(22)21-6-2-4-8-23(21)24/h1-12,24H,13-17H2,(H,29,31)(H,30,34)(H,32,33). The number of carbonyl (C=O) groups excluding carboxylic acids is 2. The summed E-state index contributed by atoms with van der Waals surface area (Å²) in [5.41, 5.74) is 5.20. The lowest BCUT2D eigenvalue weighted by atomic mass is 9.98. The quantitative estimate of drug-likeness (QED) is 0.447. The number of ether oxygens (including phenoxy) is 1. The first kappa shape index (κ1) is 22.7. The Morgan fingerprint density at radius 1 is 0.886 bits per heavy atom. The van der Waals surface area contributed by atoms with Crippen LogP contribution >= 0.6 is 0 Å². The van der Waals surface area contributed by atoms with Crippen LogP contribution in [0, 0.1) is 5.41 Å². The van der Waals surface area contributed by atoms with Crippen LogP contribution < -0.4 is 10.6 Å². The summed E-state index contributed by atoms with van der Waals surface area (Å²) in [6.45, 7) is 0.387. The fourth-order valence-corrected chi connectivity index (χ4v) is 4.59. The molecule has 0 unspecified atom stereocenters. The van der Waals surface area contributed by atoms with Crippen molar-refractivity contribution in [2.45, 2.75) is 25.2 Å². The van der Waals surface area contributed by atoms with Crippen LogP contribution in [0.1, 0.15) is 35.4 Å². The monoisotopic (exact) mass is 470 g/mol. The first-order valence-electron chi connectivity index (χ1n) is 11.7. The lowest BCUT2D eigenvalue weighted by Gasteiger charge is -2.15. The average Bonchev–Trinajstić information content (AvgIpc) is 3.60. The Balaban J connectivity index is 1.13. The van der Waals surface area contributed by atoms with E-state index in [1.54, 1.807) is 24.3 Å². The first-order valence-corrected chi connectivity index (χ1v) is 11.7. The van der Waals surface area contributed by atoms with Gasteiger partial charge < -0.3 is 15.2 Å². The summed E-state index contributed by atoms with van der Waals surface area (Å²) < 4.78 is 5.57. The summed E-state index contributed by atoms with van der Waals surface area (Å²) in [4.78, 5) is 35.8. The van der Waals surface area contributed by atoms with Crippen molar-refractivity contribution in [1.29, 1.82) is 0 Å². The highest BCUT2D eigenvalue weighted by Crippen LogP contribution is 2.45. The number of carbonyl (C=O) groups is 3. The molecule has 0 aliphatic heterocycles. The Morgan fingerprint density at radius 3 is 2.06 bits per heavy atom. The van der Waals surface area contributed by atoms with Crippen molar-refractivity contribution in [2.24, 2.45) is 5.41 Å². The van der Waals surface area contributed by atoms with Gasteiger partial charge in [0.05, 0.1) is 11.8 Å². The molecule has 3 aromatic rings. The summed E-state index contributed by atoms with van der Waals surface area (Å²) in [6.07, 6.45) is 0.791. The van der Waals surface area contributed by atoms with Gasteiger partial charge in [0, 0.05) is 18.2 Å². The molecular weight excluding hydrogens is 444 g/mol. The van der Waals surface area contributed by atoms with Gasteiger partial charge in [0.25, 0.3) is 0 Å². The zero-order chi connectivity index (χ0) is 24.4. The predicted octanol–water partition coefficient (Wildman–Crippen LogP) is 4.57. The SMILES string of the molecule is O=C(Cc1ccc(NC(=O)OCC2c3ccccc3-c3ccccc32)cc1)NCC1(C(=O)O)CC1. The number of anilines is 1. The molecule has 0 aromatic heterocycles. The summed E-state index contributed by atoms with van der Waals surface area (Å²) in [7, 11) is 0. The van der Waals surface area contributed by atoms with Crippen LogP contribution in [0.3, 0.4) is 0 Å². The van der Waals surface area contributed by atoms with Crippen LogP contribution in [0.15, 0.2) is 72.8 Å². The van der Waals surface area contributed by atoms with Crippen molar-refractivity contribution in [3.63, 3.8) is 0 Å². The Hall–Kier alpha value is -4.13. The molecule has 2 aliphatic carbocycles. The molecule has 7 heteroatoms. The van der Waals surface area contributed by atoms with Crippen molar-refractivity contribution in [3.8, 4) is 11.1 Å². The lowest BCUT2D eigenvalue weighted by molar-refractivity contribution is -0.143. The Labute approximate surface area is 203 Å². The summed E-state index contributed by atoms with van der Waals surface area (Å²) in [5.74, 6) is -1.10. The van der Waals surface area contributed by atoms with E-state index in [9.17, 15) is 19.5 Å². The molecule has 35 heavy (non-hydrogen) atoms. The predicted molar refractivity (Wildman–Crippen MR) is 131 cm³/mol. The fourth-order valence-electron chi connectivity index (χ4n) is 4.59. The summed E-state index contributed by atoms with van der Waals surface area (Å²) >= 11 is 0. The van der Waals surface area contributed by atoms with E-state index in [0.29, 0.717) is 18.5 Å². The average molecular weight is 471 g/mol. The third kappa shape index (κ3) is 4.75. The number of hydrogen-bond acceptors (Lipinski definition) is 4. The van der Waals surface area contributed by atoms with Gasteiger partial charge in [-0.2, -0.15) is 0 Å². The van der Waals surface area contributed by atoms with Gasteiger partial charge in [-0.25, -0.2) is 4.79 Å². The molecule has 1 saturated carbocycles. The second-order valence-corrected chi connectivity index (χ2v) is 9.19. The van der Waals surface area contributed by atoms with Crippen molar-refractivity contribution < 1.29 is 24.2 Å². The highest BCUT2D eigenvalue weighted by atomic mass is 16.5. The number of carboxylic acids is 1. The maximum Gasteiger partial charge on any atom is 0.411 e. The Kier molecular flexibility index (Phi) is 5.99. The second-order valence-electron chi connectivity index (χ2n) is 9.19. The normalized spacial score (nSPS) is 15.0. The molecule has 178 valence electrons. The van der Waals surface area contributed by atoms with Gasteiger partial charge >= 0.3 is 12.1 Å². The third-order valence-corrected chi connectivity index (χ3v) is 6.84. The van der Waals surface area contributed by atoms with Gasteiger partial charge in [0.15, 0.2) is 0 Å². The molecule has 7 nitrogen and oxygen atoms in total. The molecule has 0 heterocycles. The first-order chi connectivity index (χ1) is 16.9. The number of carboxylic acid groups (broad SMARTS) is 1. The number of amides is 2. The minimum atomic E-state index is -0.860. The van der Waals surface area contributed by atoms with Crippen LogP contribution in [-0.2, 0) is 20.7 Å². The molecule has 0 atom stereocenters. The maximum absolute atomic E-state index is 12.5. The Morgan fingerprint density at radius 2 is 1.49 bits per heavy atom. The second kappa shape index (κ2) is 9.25. The van der Waals surface area contributed by atoms with Crippen molar-refractivity contribution in [3.05, 3.63) is 89.5 Å². The molecule has 5 rings (SSSR count). The van der Waals surface area contributed by atoms with Crippen LogP contribution in [-0.4, -0.2) is 36.2 Å².